The first kappa shape index (κ1) is 18.0. The molecule has 0 aromatic rings. The molecule has 3 aliphatic rings. The van der Waals surface area contributed by atoms with Crippen LogP contribution in [0.15, 0.2) is 4.99 Å². The van der Waals surface area contributed by atoms with Gasteiger partial charge in [0.05, 0.1) is 0 Å². The van der Waals surface area contributed by atoms with Gasteiger partial charge in [0, 0.05) is 38.3 Å². The van der Waals surface area contributed by atoms with E-state index in [1.54, 1.807) is 0 Å². The van der Waals surface area contributed by atoms with Gasteiger partial charge in [-0.25, -0.2) is 0 Å². The van der Waals surface area contributed by atoms with Crippen molar-refractivity contribution in [1.29, 1.82) is 0 Å². The van der Waals surface area contributed by atoms with Crippen LogP contribution in [0.1, 0.15) is 77.6 Å². The van der Waals surface area contributed by atoms with Crippen molar-refractivity contribution in [2.75, 3.05) is 26.2 Å². The number of piperidine rings is 1. The molecule has 24 heavy (non-hydrogen) atoms. The van der Waals surface area contributed by atoms with Gasteiger partial charge < -0.3 is 15.5 Å². The minimum Gasteiger partial charge on any atom is -0.357 e. The van der Waals surface area contributed by atoms with E-state index in [-0.39, 0.29) is 0 Å². The first-order valence-electron chi connectivity index (χ1n) is 10.6. The van der Waals surface area contributed by atoms with E-state index >= 15 is 0 Å². The highest BCUT2D eigenvalue weighted by Crippen LogP contribution is 2.29. The maximum Gasteiger partial charge on any atom is 0.191 e. The van der Waals surface area contributed by atoms with E-state index < -0.39 is 0 Å². The van der Waals surface area contributed by atoms with Gasteiger partial charge in [0.1, 0.15) is 0 Å². The van der Waals surface area contributed by atoms with Crippen molar-refractivity contribution >= 4 is 5.96 Å². The molecule has 0 bridgehead atoms. The van der Waals surface area contributed by atoms with E-state index in [2.05, 4.69) is 22.5 Å². The maximum atomic E-state index is 4.82. The van der Waals surface area contributed by atoms with Crippen LogP contribution in [-0.4, -0.2) is 49.1 Å². The Kier molecular flexibility index (Phi) is 7.25. The van der Waals surface area contributed by atoms with Crippen LogP contribution in [0.4, 0.5) is 0 Å². The number of nitrogens with zero attached hydrogens (tertiary/aromatic N) is 2. The molecule has 0 unspecified atom stereocenters. The second kappa shape index (κ2) is 9.65. The Hall–Kier alpha value is -0.770. The van der Waals surface area contributed by atoms with Crippen molar-refractivity contribution < 1.29 is 0 Å². The predicted octanol–water partition coefficient (Wildman–Crippen LogP) is 3.53. The Bertz CT molecular complexity index is 377. The molecule has 3 fully saturated rings. The van der Waals surface area contributed by atoms with Crippen molar-refractivity contribution in [3.8, 4) is 0 Å². The van der Waals surface area contributed by atoms with Gasteiger partial charge >= 0.3 is 0 Å². The second-order valence-corrected chi connectivity index (χ2v) is 8.09. The molecular weight excluding hydrogens is 296 g/mol. The average molecular weight is 335 g/mol. The summed E-state index contributed by atoms with van der Waals surface area (Å²) in [7, 11) is 0. The Morgan fingerprint density at radius 2 is 1.75 bits per heavy atom. The quantitative estimate of drug-likeness (QED) is 0.405. The van der Waals surface area contributed by atoms with Gasteiger partial charge in [0.25, 0.3) is 0 Å². The third kappa shape index (κ3) is 5.94. The molecule has 0 radical (unpaired) electrons. The van der Waals surface area contributed by atoms with E-state index in [9.17, 15) is 0 Å². The van der Waals surface area contributed by atoms with Crippen molar-refractivity contribution in [1.82, 2.24) is 15.5 Å². The third-order valence-electron chi connectivity index (χ3n) is 6.04. The fourth-order valence-corrected chi connectivity index (χ4v) is 4.40. The zero-order valence-electron chi connectivity index (χ0n) is 15.7. The lowest BCUT2D eigenvalue weighted by molar-refractivity contribution is 0.197. The average Bonchev–Trinajstić information content (AvgIpc) is 3.32. The number of hydrogen-bond donors (Lipinski definition) is 2. The monoisotopic (exact) mass is 334 g/mol. The van der Waals surface area contributed by atoms with Crippen molar-refractivity contribution in [2.45, 2.75) is 89.6 Å². The molecule has 1 saturated heterocycles. The zero-order chi connectivity index (χ0) is 16.6. The van der Waals surface area contributed by atoms with Gasteiger partial charge in [-0.15, -0.1) is 0 Å². The van der Waals surface area contributed by atoms with Crippen molar-refractivity contribution in [3.63, 3.8) is 0 Å². The van der Waals surface area contributed by atoms with Crippen molar-refractivity contribution in [2.24, 2.45) is 10.9 Å². The number of hydrogen-bond acceptors (Lipinski definition) is 2. The van der Waals surface area contributed by atoms with Gasteiger partial charge in [0.15, 0.2) is 5.96 Å². The summed E-state index contributed by atoms with van der Waals surface area (Å²) in [5.41, 5.74) is 0. The fourth-order valence-electron chi connectivity index (χ4n) is 4.40. The molecule has 2 saturated carbocycles. The maximum absolute atomic E-state index is 4.82. The highest BCUT2D eigenvalue weighted by Gasteiger charge is 2.31. The molecule has 138 valence electrons. The van der Waals surface area contributed by atoms with Crippen LogP contribution >= 0.6 is 0 Å². The predicted molar refractivity (Wildman–Crippen MR) is 103 cm³/mol. The highest BCUT2D eigenvalue weighted by atomic mass is 15.2. The van der Waals surface area contributed by atoms with Crippen LogP contribution in [-0.2, 0) is 0 Å². The lowest BCUT2D eigenvalue weighted by Crippen LogP contribution is -2.49. The second-order valence-electron chi connectivity index (χ2n) is 8.09. The van der Waals surface area contributed by atoms with E-state index in [4.69, 9.17) is 4.99 Å². The highest BCUT2D eigenvalue weighted by molar-refractivity contribution is 5.80. The topological polar surface area (TPSA) is 39.7 Å². The third-order valence-corrected chi connectivity index (χ3v) is 6.04. The van der Waals surface area contributed by atoms with Gasteiger partial charge in [0.2, 0.25) is 0 Å². The summed E-state index contributed by atoms with van der Waals surface area (Å²) in [5.74, 6) is 2.07. The fraction of sp³-hybridized carbons (Fsp3) is 0.950. The Labute approximate surface area is 148 Å². The normalized spacial score (nSPS) is 24.5. The summed E-state index contributed by atoms with van der Waals surface area (Å²) in [6, 6.07) is 1.53. The number of aliphatic imine (C=N–C) groups is 1. The molecule has 0 aromatic heterocycles. The number of likely N-dealkylation sites (tertiary alicyclic amines) is 1. The van der Waals surface area contributed by atoms with Gasteiger partial charge in [-0.3, -0.25) is 4.99 Å². The number of guanidine groups is 1. The summed E-state index contributed by atoms with van der Waals surface area (Å²) in [5, 5.41) is 7.11. The van der Waals surface area contributed by atoms with Crippen LogP contribution in [0, 0.1) is 5.92 Å². The molecule has 0 spiro atoms. The van der Waals surface area contributed by atoms with Crippen molar-refractivity contribution in [3.05, 3.63) is 0 Å². The molecule has 2 N–H and O–H groups in total. The summed E-state index contributed by atoms with van der Waals surface area (Å²) in [6.07, 6.45) is 15.3. The molecule has 3 rings (SSSR count). The van der Waals surface area contributed by atoms with Crippen LogP contribution in [0.2, 0.25) is 0 Å². The molecular formula is C20H38N4. The Morgan fingerprint density at radius 1 is 1.00 bits per heavy atom. The molecule has 0 amide bonds. The molecule has 0 aromatic carbocycles. The summed E-state index contributed by atoms with van der Waals surface area (Å²) in [6.45, 7) is 6.62. The van der Waals surface area contributed by atoms with E-state index in [0.29, 0.717) is 6.04 Å². The smallest absolute Gasteiger partial charge is 0.191 e. The molecule has 1 heterocycles. The molecule has 4 heteroatoms. The van der Waals surface area contributed by atoms with Gasteiger partial charge in [-0.1, -0.05) is 38.5 Å². The first-order chi connectivity index (χ1) is 11.8. The van der Waals surface area contributed by atoms with Crippen LogP contribution in [0.3, 0.4) is 0 Å². The standard InChI is InChI=1S/C20H38N4/c1-2-21-20(22-14-6-5-9-17-7-3-4-8-17)23-18-12-15-24(16-13-18)19-10-11-19/h17-19H,2-16H2,1H3,(H2,21,22,23). The van der Waals surface area contributed by atoms with Crippen LogP contribution in [0.5, 0.6) is 0 Å². The minimum absolute atomic E-state index is 0.608. The van der Waals surface area contributed by atoms with E-state index in [0.717, 1.165) is 31.0 Å². The van der Waals surface area contributed by atoms with Crippen LogP contribution in [0.25, 0.3) is 0 Å². The van der Waals surface area contributed by atoms with Crippen LogP contribution < -0.4 is 10.6 Å². The molecule has 4 nitrogen and oxygen atoms in total. The zero-order valence-corrected chi connectivity index (χ0v) is 15.7. The van der Waals surface area contributed by atoms with E-state index in [1.807, 2.05) is 0 Å². The summed E-state index contributed by atoms with van der Waals surface area (Å²) >= 11 is 0. The summed E-state index contributed by atoms with van der Waals surface area (Å²) in [4.78, 5) is 7.50. The lowest BCUT2D eigenvalue weighted by atomic mass is 10.0. The van der Waals surface area contributed by atoms with Gasteiger partial charge in [-0.05, 0) is 44.9 Å². The SMILES string of the molecule is CCNC(=NCCCCC1CCCC1)NC1CCN(C2CC2)CC1. The molecule has 1 aliphatic heterocycles. The largest absolute Gasteiger partial charge is 0.357 e. The number of rotatable bonds is 8. The minimum atomic E-state index is 0.608. The lowest BCUT2D eigenvalue weighted by Gasteiger charge is -2.33. The number of unbranched alkanes of at least 4 members (excludes halogenated alkanes) is 1. The number of nitrogens with one attached hydrogen (secondary N) is 2. The van der Waals surface area contributed by atoms with Gasteiger partial charge in [-0.2, -0.15) is 0 Å². The Balaban J connectivity index is 1.32. The molecule has 2 aliphatic carbocycles. The first-order valence-corrected chi connectivity index (χ1v) is 10.6. The summed E-state index contributed by atoms with van der Waals surface area (Å²) < 4.78 is 0. The molecule has 0 atom stereocenters. The van der Waals surface area contributed by atoms with E-state index in [1.165, 1.54) is 83.7 Å². The Morgan fingerprint density at radius 3 is 2.42 bits per heavy atom.